The highest BCUT2D eigenvalue weighted by molar-refractivity contribution is 6.30. The second kappa shape index (κ2) is 8.29. The van der Waals surface area contributed by atoms with Gasteiger partial charge in [0.25, 0.3) is 0 Å². The van der Waals surface area contributed by atoms with Crippen molar-refractivity contribution in [2.75, 3.05) is 13.2 Å². The molecular formula is C17H16ClO4-. The highest BCUT2D eigenvalue weighted by Gasteiger charge is 1.98. The van der Waals surface area contributed by atoms with E-state index >= 15 is 0 Å². The Morgan fingerprint density at radius 2 is 1.41 bits per heavy atom. The molecule has 116 valence electrons. The van der Waals surface area contributed by atoms with Crippen molar-refractivity contribution in [3.63, 3.8) is 0 Å². The van der Waals surface area contributed by atoms with E-state index in [1.54, 1.807) is 36.4 Å². The summed E-state index contributed by atoms with van der Waals surface area (Å²) in [4.78, 5) is 10.5. The van der Waals surface area contributed by atoms with E-state index in [0.29, 0.717) is 29.5 Å². The lowest BCUT2D eigenvalue weighted by Gasteiger charge is -2.09. The van der Waals surface area contributed by atoms with Gasteiger partial charge in [-0.05, 0) is 42.0 Å². The maximum Gasteiger partial charge on any atom is 0.119 e. The highest BCUT2D eigenvalue weighted by atomic mass is 35.5. The Hall–Kier alpha value is -2.20. The fourth-order valence-electron chi connectivity index (χ4n) is 1.84. The molecule has 0 aliphatic heterocycles. The van der Waals surface area contributed by atoms with Gasteiger partial charge in [0.05, 0.1) is 13.2 Å². The first-order valence-electron chi connectivity index (χ1n) is 6.93. The van der Waals surface area contributed by atoms with E-state index < -0.39 is 5.97 Å². The number of carboxylic acid groups (broad SMARTS) is 1. The zero-order chi connectivity index (χ0) is 15.8. The summed E-state index contributed by atoms with van der Waals surface area (Å²) in [5.41, 5.74) is 0.693. The lowest BCUT2D eigenvalue weighted by atomic mass is 10.1. The van der Waals surface area contributed by atoms with Crippen molar-refractivity contribution in [3.05, 3.63) is 59.1 Å². The third-order valence-corrected chi connectivity index (χ3v) is 3.16. The van der Waals surface area contributed by atoms with Gasteiger partial charge in [-0.2, -0.15) is 0 Å². The zero-order valence-corrected chi connectivity index (χ0v) is 12.7. The number of ether oxygens (including phenoxy) is 2. The SMILES string of the molecule is O=C([O-])Cc1ccc(OCCCOc2ccc(Cl)cc2)cc1. The molecule has 5 heteroatoms. The van der Waals surface area contributed by atoms with E-state index in [1.165, 1.54) is 0 Å². The number of aliphatic carboxylic acids is 1. The molecule has 0 saturated heterocycles. The summed E-state index contributed by atoms with van der Waals surface area (Å²) < 4.78 is 11.1. The molecule has 0 aromatic heterocycles. The van der Waals surface area contributed by atoms with E-state index in [4.69, 9.17) is 21.1 Å². The van der Waals surface area contributed by atoms with Crippen LogP contribution in [-0.2, 0) is 11.2 Å². The molecule has 0 heterocycles. The maximum absolute atomic E-state index is 10.5. The fourth-order valence-corrected chi connectivity index (χ4v) is 1.97. The lowest BCUT2D eigenvalue weighted by Crippen LogP contribution is -2.24. The molecule has 0 aliphatic rings. The number of carbonyl (C=O) groups excluding carboxylic acids is 1. The van der Waals surface area contributed by atoms with Crippen molar-refractivity contribution in [1.29, 1.82) is 0 Å². The zero-order valence-electron chi connectivity index (χ0n) is 12.0. The van der Waals surface area contributed by atoms with Crippen LogP contribution in [0.2, 0.25) is 5.02 Å². The van der Waals surface area contributed by atoms with Crippen LogP contribution in [0.25, 0.3) is 0 Å². The maximum atomic E-state index is 10.5. The third kappa shape index (κ3) is 5.66. The molecule has 0 radical (unpaired) electrons. The standard InChI is InChI=1S/C17H17ClO4/c18-14-4-8-16(9-5-14)22-11-1-10-21-15-6-2-13(3-7-15)12-17(19)20/h2-9H,1,10-12H2,(H,19,20)/p-1. The lowest BCUT2D eigenvalue weighted by molar-refractivity contribution is -0.304. The number of hydrogen-bond acceptors (Lipinski definition) is 4. The van der Waals surface area contributed by atoms with Crippen molar-refractivity contribution in [2.45, 2.75) is 12.8 Å². The van der Waals surface area contributed by atoms with Gasteiger partial charge in [-0.1, -0.05) is 23.7 Å². The first-order valence-corrected chi connectivity index (χ1v) is 7.31. The summed E-state index contributed by atoms with van der Waals surface area (Å²) in [7, 11) is 0. The highest BCUT2D eigenvalue weighted by Crippen LogP contribution is 2.16. The molecule has 0 saturated carbocycles. The van der Waals surface area contributed by atoms with Crippen molar-refractivity contribution in [3.8, 4) is 11.5 Å². The van der Waals surface area contributed by atoms with Gasteiger partial charge in [-0.3, -0.25) is 0 Å². The molecule has 0 amide bonds. The van der Waals surface area contributed by atoms with E-state index in [2.05, 4.69) is 0 Å². The first kappa shape index (κ1) is 16.2. The smallest absolute Gasteiger partial charge is 0.119 e. The minimum atomic E-state index is -1.09. The van der Waals surface area contributed by atoms with Gasteiger partial charge in [0.2, 0.25) is 0 Å². The summed E-state index contributed by atoms with van der Waals surface area (Å²) in [6.07, 6.45) is 0.651. The number of carboxylic acids is 1. The minimum absolute atomic E-state index is 0.0881. The van der Waals surface area contributed by atoms with Crippen LogP contribution in [0, 0.1) is 0 Å². The first-order chi connectivity index (χ1) is 10.6. The fraction of sp³-hybridized carbons (Fsp3) is 0.235. The van der Waals surface area contributed by atoms with Gasteiger partial charge >= 0.3 is 0 Å². The summed E-state index contributed by atoms with van der Waals surface area (Å²) in [5, 5.41) is 11.1. The summed E-state index contributed by atoms with van der Waals surface area (Å²) in [5.74, 6) is 0.387. The predicted octanol–water partition coefficient (Wildman–Crippen LogP) is 2.48. The van der Waals surface area contributed by atoms with Crippen molar-refractivity contribution in [2.24, 2.45) is 0 Å². The second-order valence-electron chi connectivity index (χ2n) is 4.70. The van der Waals surface area contributed by atoms with Crippen LogP contribution < -0.4 is 14.6 Å². The largest absolute Gasteiger partial charge is 0.550 e. The van der Waals surface area contributed by atoms with Crippen LogP contribution in [0.3, 0.4) is 0 Å². The van der Waals surface area contributed by atoms with Crippen molar-refractivity contribution < 1.29 is 19.4 Å². The van der Waals surface area contributed by atoms with Crippen LogP contribution in [0.1, 0.15) is 12.0 Å². The number of halogens is 1. The average Bonchev–Trinajstić information content (AvgIpc) is 2.50. The van der Waals surface area contributed by atoms with Crippen LogP contribution in [0.4, 0.5) is 0 Å². The van der Waals surface area contributed by atoms with E-state index in [1.807, 2.05) is 12.1 Å². The molecule has 4 nitrogen and oxygen atoms in total. The van der Waals surface area contributed by atoms with Gasteiger partial charge in [0.1, 0.15) is 11.5 Å². The third-order valence-electron chi connectivity index (χ3n) is 2.91. The van der Waals surface area contributed by atoms with Gasteiger partial charge in [-0.15, -0.1) is 0 Å². The molecule has 0 bridgehead atoms. The molecule has 2 aromatic carbocycles. The van der Waals surface area contributed by atoms with Crippen LogP contribution in [-0.4, -0.2) is 19.2 Å². The number of carbonyl (C=O) groups is 1. The molecular weight excluding hydrogens is 304 g/mol. The predicted molar refractivity (Wildman–Crippen MR) is 82.2 cm³/mol. The Labute approximate surface area is 134 Å². The monoisotopic (exact) mass is 319 g/mol. The van der Waals surface area contributed by atoms with E-state index in [-0.39, 0.29) is 6.42 Å². The molecule has 0 spiro atoms. The molecule has 0 unspecified atom stereocenters. The molecule has 2 rings (SSSR count). The average molecular weight is 320 g/mol. The summed E-state index contributed by atoms with van der Waals surface area (Å²) in [6.45, 7) is 1.07. The molecule has 0 N–H and O–H groups in total. The van der Waals surface area contributed by atoms with Crippen LogP contribution >= 0.6 is 11.6 Å². The molecule has 22 heavy (non-hydrogen) atoms. The normalized spacial score (nSPS) is 10.2. The summed E-state index contributed by atoms with van der Waals surface area (Å²) >= 11 is 5.79. The van der Waals surface area contributed by atoms with Crippen molar-refractivity contribution >= 4 is 17.6 Å². The molecule has 2 aromatic rings. The Kier molecular flexibility index (Phi) is 6.10. The quantitative estimate of drug-likeness (QED) is 0.701. The molecule has 0 fully saturated rings. The Bertz CT molecular complexity index is 593. The van der Waals surface area contributed by atoms with Gasteiger partial charge in [-0.25, -0.2) is 0 Å². The summed E-state index contributed by atoms with van der Waals surface area (Å²) in [6, 6.07) is 14.1. The van der Waals surface area contributed by atoms with Gasteiger partial charge < -0.3 is 19.4 Å². The Morgan fingerprint density at radius 3 is 1.91 bits per heavy atom. The van der Waals surface area contributed by atoms with E-state index in [9.17, 15) is 9.90 Å². The van der Waals surface area contributed by atoms with Gasteiger partial charge in [0, 0.05) is 23.8 Å². The topological polar surface area (TPSA) is 58.6 Å². The Balaban J connectivity index is 1.66. The molecule has 0 aliphatic carbocycles. The Morgan fingerprint density at radius 1 is 0.909 bits per heavy atom. The van der Waals surface area contributed by atoms with Crippen LogP contribution in [0.15, 0.2) is 48.5 Å². The number of hydrogen-bond donors (Lipinski definition) is 0. The number of rotatable bonds is 8. The minimum Gasteiger partial charge on any atom is -0.550 e. The van der Waals surface area contributed by atoms with Crippen molar-refractivity contribution in [1.82, 2.24) is 0 Å². The molecule has 0 atom stereocenters. The second-order valence-corrected chi connectivity index (χ2v) is 5.13. The number of benzene rings is 2. The van der Waals surface area contributed by atoms with Gasteiger partial charge in [0.15, 0.2) is 0 Å². The van der Waals surface area contributed by atoms with Crippen LogP contribution in [0.5, 0.6) is 11.5 Å². The van der Waals surface area contributed by atoms with E-state index in [0.717, 1.165) is 12.2 Å².